The van der Waals surface area contributed by atoms with E-state index in [-0.39, 0.29) is 15.2 Å². The molecule has 0 atom stereocenters. The summed E-state index contributed by atoms with van der Waals surface area (Å²) in [7, 11) is -3.52. The molecule has 16 heavy (non-hydrogen) atoms. The van der Waals surface area contributed by atoms with Crippen molar-refractivity contribution in [2.75, 3.05) is 13.1 Å². The second kappa shape index (κ2) is 5.31. The fourth-order valence-corrected chi connectivity index (χ4v) is 3.39. The van der Waals surface area contributed by atoms with Gasteiger partial charge in [0, 0.05) is 13.1 Å². The van der Waals surface area contributed by atoms with Crippen LogP contribution in [0.5, 0.6) is 0 Å². The van der Waals surface area contributed by atoms with Gasteiger partial charge >= 0.3 is 0 Å². The van der Waals surface area contributed by atoms with E-state index >= 15 is 0 Å². The zero-order valence-electron chi connectivity index (χ0n) is 8.94. The highest BCUT2D eigenvalue weighted by Gasteiger charge is 2.22. The number of hydrogen-bond acceptors (Lipinski definition) is 3. The third-order valence-electron chi connectivity index (χ3n) is 2.08. The van der Waals surface area contributed by atoms with Crippen LogP contribution in [0.2, 0.25) is 10.3 Å². The van der Waals surface area contributed by atoms with E-state index in [0.717, 1.165) is 0 Å². The number of rotatable bonds is 4. The molecule has 0 N–H and O–H groups in total. The van der Waals surface area contributed by atoms with Crippen molar-refractivity contribution in [1.29, 1.82) is 0 Å². The minimum absolute atomic E-state index is 0.0678. The zero-order valence-corrected chi connectivity index (χ0v) is 11.3. The lowest BCUT2D eigenvalue weighted by Crippen LogP contribution is -2.30. The first kappa shape index (κ1) is 13.7. The quantitative estimate of drug-likeness (QED) is 0.797. The second-order valence-corrected chi connectivity index (χ2v) is 5.75. The van der Waals surface area contributed by atoms with Gasteiger partial charge in [-0.1, -0.05) is 37.0 Å². The fraction of sp³-hybridized carbons (Fsp3) is 0.444. The molecule has 4 nitrogen and oxygen atoms in total. The molecule has 1 rings (SSSR count). The smallest absolute Gasteiger partial charge is 0.224 e. The Kier molecular flexibility index (Phi) is 4.55. The standard InChI is InChI=1S/C9H12Cl2N2O2S/c1-3-13(4-2)16(14,15)7-5-8(10)12-9(11)6-7/h5-6H,3-4H2,1-2H3. The molecule has 0 saturated heterocycles. The van der Waals surface area contributed by atoms with Crippen molar-refractivity contribution in [1.82, 2.24) is 9.29 Å². The van der Waals surface area contributed by atoms with Crippen molar-refractivity contribution in [2.45, 2.75) is 18.7 Å². The molecule has 0 spiro atoms. The highest BCUT2D eigenvalue weighted by molar-refractivity contribution is 7.89. The van der Waals surface area contributed by atoms with Crippen LogP contribution in [0.15, 0.2) is 17.0 Å². The molecule has 90 valence electrons. The molecule has 0 fully saturated rings. The molecule has 0 bridgehead atoms. The first-order valence-electron chi connectivity index (χ1n) is 4.75. The van der Waals surface area contributed by atoms with Gasteiger partial charge in [0.2, 0.25) is 10.0 Å². The average molecular weight is 283 g/mol. The number of sulfonamides is 1. The number of aromatic nitrogens is 1. The molecule has 0 unspecified atom stereocenters. The Morgan fingerprint density at radius 1 is 1.19 bits per heavy atom. The predicted molar refractivity (Wildman–Crippen MR) is 64.4 cm³/mol. The second-order valence-electron chi connectivity index (χ2n) is 3.04. The summed E-state index contributed by atoms with van der Waals surface area (Å²) in [6.07, 6.45) is 0. The largest absolute Gasteiger partial charge is 0.243 e. The number of halogens is 2. The van der Waals surface area contributed by atoms with Gasteiger partial charge in [0.25, 0.3) is 0 Å². The van der Waals surface area contributed by atoms with Crippen LogP contribution in [0.4, 0.5) is 0 Å². The zero-order chi connectivity index (χ0) is 12.3. The highest BCUT2D eigenvalue weighted by Crippen LogP contribution is 2.21. The van der Waals surface area contributed by atoms with Crippen molar-refractivity contribution in [3.8, 4) is 0 Å². The Labute approximate surface area is 105 Å². The Balaban J connectivity index is 3.26. The summed E-state index contributed by atoms with van der Waals surface area (Å²) in [5, 5.41) is 0.136. The molecule has 1 aromatic rings. The molecule has 0 aliphatic heterocycles. The lowest BCUT2D eigenvalue weighted by atomic mass is 10.5. The van der Waals surface area contributed by atoms with Gasteiger partial charge in [0.1, 0.15) is 10.3 Å². The van der Waals surface area contributed by atoms with Gasteiger partial charge in [-0.05, 0) is 12.1 Å². The molecule has 7 heteroatoms. The van der Waals surface area contributed by atoms with Gasteiger partial charge in [0.15, 0.2) is 0 Å². The molecule has 0 radical (unpaired) electrons. The summed E-state index contributed by atoms with van der Waals surface area (Å²) in [4.78, 5) is 3.78. The summed E-state index contributed by atoms with van der Waals surface area (Å²) >= 11 is 11.3. The maximum atomic E-state index is 12.1. The van der Waals surface area contributed by atoms with E-state index in [1.54, 1.807) is 13.8 Å². The normalized spacial score (nSPS) is 12.1. The van der Waals surface area contributed by atoms with Crippen LogP contribution in [0.3, 0.4) is 0 Å². The predicted octanol–water partition coefficient (Wildman–Crippen LogP) is 2.42. The summed E-state index contributed by atoms with van der Waals surface area (Å²) in [6, 6.07) is 2.59. The molecule has 1 heterocycles. The highest BCUT2D eigenvalue weighted by atomic mass is 35.5. The van der Waals surface area contributed by atoms with Crippen LogP contribution in [0, 0.1) is 0 Å². The lowest BCUT2D eigenvalue weighted by molar-refractivity contribution is 0.445. The first-order valence-corrected chi connectivity index (χ1v) is 6.94. The summed E-state index contributed by atoms with van der Waals surface area (Å²) < 4.78 is 25.5. The third kappa shape index (κ3) is 2.85. The van der Waals surface area contributed by atoms with E-state index in [9.17, 15) is 8.42 Å². The maximum Gasteiger partial charge on any atom is 0.243 e. The number of nitrogens with zero attached hydrogens (tertiary/aromatic N) is 2. The van der Waals surface area contributed by atoms with Crippen LogP contribution >= 0.6 is 23.2 Å². The van der Waals surface area contributed by atoms with E-state index in [1.165, 1.54) is 16.4 Å². The van der Waals surface area contributed by atoms with E-state index in [1.807, 2.05) is 0 Å². The average Bonchev–Trinajstić information content (AvgIpc) is 2.17. The van der Waals surface area contributed by atoms with Gasteiger partial charge in [-0.15, -0.1) is 0 Å². The van der Waals surface area contributed by atoms with Crippen molar-refractivity contribution >= 4 is 33.2 Å². The molecule has 1 aromatic heterocycles. The van der Waals surface area contributed by atoms with Gasteiger partial charge in [-0.25, -0.2) is 13.4 Å². The molecule has 0 amide bonds. The van der Waals surface area contributed by atoms with Crippen LogP contribution in [0.25, 0.3) is 0 Å². The van der Waals surface area contributed by atoms with Gasteiger partial charge in [0.05, 0.1) is 4.90 Å². The van der Waals surface area contributed by atoms with Crippen LogP contribution in [0.1, 0.15) is 13.8 Å². The van der Waals surface area contributed by atoms with Crippen molar-refractivity contribution in [2.24, 2.45) is 0 Å². The van der Waals surface area contributed by atoms with Crippen molar-refractivity contribution < 1.29 is 8.42 Å². The first-order chi connectivity index (χ1) is 7.41. The molecule has 0 aliphatic rings. The minimum Gasteiger partial charge on any atom is -0.224 e. The van der Waals surface area contributed by atoms with Crippen molar-refractivity contribution in [3.05, 3.63) is 22.4 Å². The number of hydrogen-bond donors (Lipinski definition) is 0. The van der Waals surface area contributed by atoms with E-state index in [0.29, 0.717) is 13.1 Å². The molecule has 0 saturated carbocycles. The summed E-state index contributed by atoms with van der Waals surface area (Å²) in [6.45, 7) is 4.34. The summed E-state index contributed by atoms with van der Waals surface area (Å²) in [5.74, 6) is 0. The van der Waals surface area contributed by atoms with E-state index < -0.39 is 10.0 Å². The fourth-order valence-electron chi connectivity index (χ4n) is 1.30. The minimum atomic E-state index is -3.52. The van der Waals surface area contributed by atoms with Crippen LogP contribution in [-0.2, 0) is 10.0 Å². The maximum absolute atomic E-state index is 12.1. The van der Waals surface area contributed by atoms with E-state index in [4.69, 9.17) is 23.2 Å². The van der Waals surface area contributed by atoms with E-state index in [2.05, 4.69) is 4.98 Å². The van der Waals surface area contributed by atoms with Crippen molar-refractivity contribution in [3.63, 3.8) is 0 Å². The van der Waals surface area contributed by atoms with Gasteiger partial charge in [-0.3, -0.25) is 0 Å². The lowest BCUT2D eigenvalue weighted by Gasteiger charge is -2.18. The number of pyridine rings is 1. The van der Waals surface area contributed by atoms with Crippen LogP contribution < -0.4 is 0 Å². The topological polar surface area (TPSA) is 50.3 Å². The Hall–Kier alpha value is -0.360. The molecular formula is C9H12Cl2N2O2S. The van der Waals surface area contributed by atoms with Crippen LogP contribution in [-0.4, -0.2) is 30.8 Å². The summed E-state index contributed by atoms with van der Waals surface area (Å²) in [5.41, 5.74) is 0. The Bertz CT molecular complexity index is 452. The van der Waals surface area contributed by atoms with Gasteiger partial charge in [-0.2, -0.15) is 4.31 Å². The monoisotopic (exact) mass is 282 g/mol. The third-order valence-corrected chi connectivity index (χ3v) is 4.49. The molecule has 0 aliphatic carbocycles. The Morgan fingerprint density at radius 2 is 1.62 bits per heavy atom. The Morgan fingerprint density at radius 3 is 2.00 bits per heavy atom. The molecule has 0 aromatic carbocycles. The SMILES string of the molecule is CCN(CC)S(=O)(=O)c1cc(Cl)nc(Cl)c1. The molecular weight excluding hydrogens is 271 g/mol. The van der Waals surface area contributed by atoms with Gasteiger partial charge < -0.3 is 0 Å².